The summed E-state index contributed by atoms with van der Waals surface area (Å²) in [5.74, 6) is 1.85. The van der Waals surface area contributed by atoms with Gasteiger partial charge in [-0.3, -0.25) is 4.79 Å². The van der Waals surface area contributed by atoms with Crippen molar-refractivity contribution in [3.05, 3.63) is 71.8 Å². The van der Waals surface area contributed by atoms with E-state index in [1.54, 1.807) is 0 Å². The summed E-state index contributed by atoms with van der Waals surface area (Å²) in [6, 6.07) is 20.6. The van der Waals surface area contributed by atoms with E-state index in [-0.39, 0.29) is 11.7 Å². The van der Waals surface area contributed by atoms with E-state index in [4.69, 9.17) is 7.85 Å². The molecule has 26 heavy (non-hydrogen) atoms. The largest absolute Gasteiger partial charge is 0.481 e. The van der Waals surface area contributed by atoms with Gasteiger partial charge in [0.25, 0.3) is 0 Å². The average Bonchev–Trinajstić information content (AvgIpc) is 2.70. The Bertz CT molecular complexity index is 685. The zero-order chi connectivity index (χ0) is 20.2. The van der Waals surface area contributed by atoms with Gasteiger partial charge in [0.05, 0.1) is 0 Å². The lowest BCUT2D eigenvalue weighted by Gasteiger charge is -2.16. The lowest BCUT2D eigenvalue weighted by molar-refractivity contribution is -0.137. The monoisotopic (exact) mass is 390 g/mol. The van der Waals surface area contributed by atoms with Gasteiger partial charge in [-0.1, -0.05) is 67.1 Å². The first-order chi connectivity index (χ1) is 13.5. The van der Waals surface area contributed by atoms with Crippen molar-refractivity contribution in [3.8, 4) is 0 Å². The molecule has 0 spiro atoms. The highest BCUT2D eigenvalue weighted by Crippen LogP contribution is 2.27. The molecule has 0 aromatic heterocycles. The van der Waals surface area contributed by atoms with E-state index < -0.39 is 18.8 Å². The highest BCUT2D eigenvalue weighted by Gasteiger charge is 2.10. The molecule has 4 heteroatoms. The number of hydrogen-bond acceptors (Lipinski definition) is 3. The number of aliphatic carboxylic acids is 1. The first-order valence-corrected chi connectivity index (χ1v) is 11.1. The third kappa shape index (κ3) is 9.35. The van der Waals surface area contributed by atoms with E-state index >= 15 is 0 Å². The molecule has 0 aliphatic rings. The second kappa shape index (κ2) is 12.9. The van der Waals surface area contributed by atoms with Crippen LogP contribution >= 0.6 is 23.5 Å². The molecule has 3 atom stereocenters. The molecular formula is C22H28O2S2. The van der Waals surface area contributed by atoms with Gasteiger partial charge in [-0.2, -0.15) is 23.5 Å². The molecule has 2 aromatic rings. The third-order valence-electron chi connectivity index (χ3n) is 3.88. The Balaban J connectivity index is 1.84. The predicted octanol–water partition coefficient (Wildman–Crippen LogP) is 6.26. The van der Waals surface area contributed by atoms with Crippen LogP contribution in [0.2, 0.25) is 0 Å². The van der Waals surface area contributed by atoms with Crippen LogP contribution in [0.3, 0.4) is 0 Å². The van der Waals surface area contributed by atoms with Crippen LogP contribution in [0.5, 0.6) is 0 Å². The van der Waals surface area contributed by atoms with Gasteiger partial charge in [0.2, 0.25) is 0 Å². The van der Waals surface area contributed by atoms with Gasteiger partial charge >= 0.3 is 5.97 Å². The minimum Gasteiger partial charge on any atom is -0.481 e. The van der Waals surface area contributed by atoms with Crippen LogP contribution in [0.25, 0.3) is 0 Å². The standard InChI is InChI=1S/C22H28O2S2/c23-22(24)14-8-7-13-21(26-18-20-11-5-2-6-12-20)15-16-25-17-19-9-3-1-4-10-19/h1-6,9-12,21H,7-8,13-18H2,(H,23,24)/i7D,8D. The lowest BCUT2D eigenvalue weighted by Crippen LogP contribution is -2.06. The summed E-state index contributed by atoms with van der Waals surface area (Å²) in [7, 11) is 0. The Labute approximate surface area is 168 Å². The molecule has 0 aliphatic heterocycles. The van der Waals surface area contributed by atoms with Crippen molar-refractivity contribution in [2.75, 3.05) is 5.75 Å². The third-order valence-corrected chi connectivity index (χ3v) is 6.34. The lowest BCUT2D eigenvalue weighted by atomic mass is 10.1. The molecule has 0 bridgehead atoms. The first kappa shape index (κ1) is 18.0. The van der Waals surface area contributed by atoms with Crippen LogP contribution in [0.1, 0.15) is 45.9 Å². The van der Waals surface area contributed by atoms with Crippen molar-refractivity contribution in [2.45, 2.75) is 48.8 Å². The molecule has 0 amide bonds. The molecule has 2 rings (SSSR count). The normalized spacial score (nSPS) is 15.5. The van der Waals surface area contributed by atoms with Crippen LogP contribution in [0.4, 0.5) is 0 Å². The second-order valence-electron chi connectivity index (χ2n) is 6.05. The van der Waals surface area contributed by atoms with E-state index in [1.807, 2.05) is 47.8 Å². The zero-order valence-electron chi connectivity index (χ0n) is 16.9. The predicted molar refractivity (Wildman–Crippen MR) is 115 cm³/mol. The van der Waals surface area contributed by atoms with E-state index in [2.05, 4.69) is 36.4 Å². The Kier molecular flexibility index (Phi) is 8.92. The van der Waals surface area contributed by atoms with Gasteiger partial charge in [0.1, 0.15) is 0 Å². The molecule has 0 saturated heterocycles. The fraction of sp³-hybridized carbons (Fsp3) is 0.409. The van der Waals surface area contributed by atoms with Crippen LogP contribution in [0.15, 0.2) is 60.7 Å². The van der Waals surface area contributed by atoms with Gasteiger partial charge < -0.3 is 5.11 Å². The molecule has 0 radical (unpaired) electrons. The minimum atomic E-state index is -0.996. The quantitative estimate of drug-likeness (QED) is 0.410. The molecule has 140 valence electrons. The molecule has 2 aromatic carbocycles. The highest BCUT2D eigenvalue weighted by molar-refractivity contribution is 7.99. The molecule has 0 fully saturated rings. The van der Waals surface area contributed by atoms with E-state index in [9.17, 15) is 4.79 Å². The summed E-state index contributed by atoms with van der Waals surface area (Å²) in [5, 5.41) is 9.15. The zero-order valence-corrected chi connectivity index (χ0v) is 16.6. The van der Waals surface area contributed by atoms with Gasteiger partial charge in [-0.15, -0.1) is 0 Å². The average molecular weight is 391 g/mol. The number of carboxylic acids is 1. The Morgan fingerprint density at radius 1 is 0.923 bits per heavy atom. The molecular weight excluding hydrogens is 360 g/mol. The maximum absolute atomic E-state index is 10.8. The molecule has 0 aliphatic carbocycles. The summed E-state index contributed by atoms with van der Waals surface area (Å²) in [4.78, 5) is 10.8. The van der Waals surface area contributed by atoms with Crippen LogP contribution in [0, 0.1) is 0 Å². The van der Waals surface area contributed by atoms with Gasteiger partial charge in [-0.05, 0) is 36.1 Å². The summed E-state index contributed by atoms with van der Waals surface area (Å²) >= 11 is 3.71. The van der Waals surface area contributed by atoms with Crippen molar-refractivity contribution in [3.63, 3.8) is 0 Å². The SMILES string of the molecule is [2H]C(CC(=O)O)C([2H])CC(CCSCc1ccccc1)SCc1ccccc1. The van der Waals surface area contributed by atoms with E-state index in [1.165, 1.54) is 11.1 Å². The van der Waals surface area contributed by atoms with Crippen molar-refractivity contribution in [1.29, 1.82) is 0 Å². The van der Waals surface area contributed by atoms with Gasteiger partial charge in [-0.25, -0.2) is 0 Å². The Morgan fingerprint density at radius 2 is 1.54 bits per heavy atom. The van der Waals surface area contributed by atoms with Crippen LogP contribution in [-0.4, -0.2) is 22.1 Å². The smallest absolute Gasteiger partial charge is 0.303 e. The first-order valence-electron chi connectivity index (χ1n) is 10.0. The van der Waals surface area contributed by atoms with Crippen molar-refractivity contribution >= 4 is 29.5 Å². The molecule has 0 heterocycles. The fourth-order valence-corrected chi connectivity index (χ4v) is 4.79. The number of thioether (sulfide) groups is 2. The van der Waals surface area contributed by atoms with Gasteiger partial charge in [0, 0.05) is 25.9 Å². The van der Waals surface area contributed by atoms with Crippen LogP contribution < -0.4 is 0 Å². The topological polar surface area (TPSA) is 37.3 Å². The van der Waals surface area contributed by atoms with Crippen molar-refractivity contribution in [2.24, 2.45) is 0 Å². The highest BCUT2D eigenvalue weighted by atomic mass is 32.2. The Hall–Kier alpha value is -1.39. The molecule has 2 nitrogen and oxygen atoms in total. The van der Waals surface area contributed by atoms with Crippen molar-refractivity contribution < 1.29 is 12.6 Å². The fourth-order valence-electron chi connectivity index (χ4n) is 2.47. The molecule has 1 N–H and O–H groups in total. The molecule has 3 unspecified atom stereocenters. The number of carboxylic acid groups (broad SMARTS) is 1. The number of carbonyl (C=O) groups is 1. The van der Waals surface area contributed by atoms with E-state index in [0.29, 0.717) is 6.42 Å². The van der Waals surface area contributed by atoms with Gasteiger partial charge in [0.15, 0.2) is 0 Å². The summed E-state index contributed by atoms with van der Waals surface area (Å²) < 4.78 is 16.2. The van der Waals surface area contributed by atoms with Crippen molar-refractivity contribution in [1.82, 2.24) is 0 Å². The number of rotatable bonds is 13. The maximum atomic E-state index is 10.8. The van der Waals surface area contributed by atoms with E-state index in [0.717, 1.165) is 23.7 Å². The van der Waals surface area contributed by atoms with Crippen LogP contribution in [-0.2, 0) is 16.3 Å². The number of benzene rings is 2. The maximum Gasteiger partial charge on any atom is 0.303 e. The summed E-state index contributed by atoms with van der Waals surface area (Å²) in [6.45, 7) is 0. The minimum absolute atomic E-state index is 0.257. The summed E-state index contributed by atoms with van der Waals surface area (Å²) in [6.07, 6.45) is -0.264. The summed E-state index contributed by atoms with van der Waals surface area (Å²) in [5.41, 5.74) is 2.57. The molecule has 0 saturated carbocycles. The number of hydrogen-bond donors (Lipinski definition) is 1. The Morgan fingerprint density at radius 3 is 2.15 bits per heavy atom. The second-order valence-corrected chi connectivity index (χ2v) is 8.44.